The summed E-state index contributed by atoms with van der Waals surface area (Å²) in [6.07, 6.45) is 0.839. The zero-order chi connectivity index (χ0) is 15.6. The van der Waals surface area contributed by atoms with Crippen LogP contribution < -0.4 is 10.0 Å². The Hall–Kier alpha value is -1.81. The van der Waals surface area contributed by atoms with Gasteiger partial charge in [0.05, 0.1) is 5.69 Å². The number of sulfone groups is 1. The number of nitrogens with two attached hydrogens (primary N) is 1. The van der Waals surface area contributed by atoms with Gasteiger partial charge in [0.25, 0.3) is 0 Å². The molecule has 1 aromatic rings. The first-order chi connectivity index (χ1) is 9.07. The summed E-state index contributed by atoms with van der Waals surface area (Å²) in [5.74, 6) is -0.180. The Bertz CT molecular complexity index is 725. The van der Waals surface area contributed by atoms with Gasteiger partial charge in [-0.15, -0.1) is 0 Å². The maximum atomic E-state index is 11.9. The van der Waals surface area contributed by atoms with Gasteiger partial charge in [-0.1, -0.05) is 17.3 Å². The molecule has 0 heterocycles. The van der Waals surface area contributed by atoms with Crippen LogP contribution in [0.25, 0.3) is 0 Å². The second kappa shape index (κ2) is 5.67. The number of oxime groups is 1. The summed E-state index contributed by atoms with van der Waals surface area (Å²) >= 11 is 0. The Balaban J connectivity index is 3.19. The van der Waals surface area contributed by atoms with Crippen LogP contribution in [0.15, 0.2) is 29.4 Å². The molecule has 0 atom stereocenters. The SMILES string of the molecule is CN(c1cccc(/C(N)=N/O)c1)S(=O)(=O)CS(C)(=O)=O. The number of rotatable bonds is 5. The lowest BCUT2D eigenvalue weighted by atomic mass is 10.2. The number of amidine groups is 1. The normalized spacial score (nSPS) is 13.2. The van der Waals surface area contributed by atoms with E-state index in [0.29, 0.717) is 5.56 Å². The van der Waals surface area contributed by atoms with Crippen molar-refractivity contribution in [2.75, 3.05) is 22.7 Å². The van der Waals surface area contributed by atoms with Gasteiger partial charge in [0.2, 0.25) is 10.0 Å². The van der Waals surface area contributed by atoms with Crippen LogP contribution in [0.2, 0.25) is 0 Å². The van der Waals surface area contributed by atoms with Gasteiger partial charge in [-0.2, -0.15) is 0 Å². The van der Waals surface area contributed by atoms with Gasteiger partial charge in [-0.25, -0.2) is 16.8 Å². The van der Waals surface area contributed by atoms with Crippen LogP contribution in [0.5, 0.6) is 0 Å². The molecule has 0 saturated carbocycles. The number of hydrogen-bond donors (Lipinski definition) is 2. The fourth-order valence-electron chi connectivity index (χ4n) is 1.43. The molecule has 0 saturated heterocycles. The maximum absolute atomic E-state index is 11.9. The van der Waals surface area contributed by atoms with Crippen molar-refractivity contribution in [1.29, 1.82) is 0 Å². The third-order valence-electron chi connectivity index (χ3n) is 2.39. The van der Waals surface area contributed by atoms with E-state index in [2.05, 4.69) is 5.16 Å². The number of hydrogen-bond acceptors (Lipinski definition) is 6. The smallest absolute Gasteiger partial charge is 0.249 e. The molecular formula is C10H15N3O5S2. The van der Waals surface area contributed by atoms with Crippen molar-refractivity contribution >= 4 is 31.4 Å². The van der Waals surface area contributed by atoms with Crippen molar-refractivity contribution in [2.45, 2.75) is 0 Å². The minimum Gasteiger partial charge on any atom is -0.409 e. The van der Waals surface area contributed by atoms with E-state index in [1.54, 1.807) is 0 Å². The highest BCUT2D eigenvalue weighted by atomic mass is 32.3. The quantitative estimate of drug-likeness (QED) is 0.327. The molecule has 0 aliphatic carbocycles. The number of benzene rings is 1. The Morgan fingerprint density at radius 3 is 2.45 bits per heavy atom. The second-order valence-electron chi connectivity index (χ2n) is 4.16. The van der Waals surface area contributed by atoms with Crippen LogP contribution in [0, 0.1) is 0 Å². The van der Waals surface area contributed by atoms with E-state index in [-0.39, 0.29) is 11.5 Å². The largest absolute Gasteiger partial charge is 0.409 e. The standard InChI is InChI=1S/C10H15N3O5S2/c1-13(20(17,18)7-19(2,15)16)9-5-3-4-8(6-9)10(11)12-14/h3-6,14H,7H2,1-2H3,(H2,11,12). The van der Waals surface area contributed by atoms with Gasteiger partial charge < -0.3 is 10.9 Å². The third-order valence-corrected chi connectivity index (χ3v) is 6.34. The van der Waals surface area contributed by atoms with Crippen LogP contribution in [0.3, 0.4) is 0 Å². The van der Waals surface area contributed by atoms with Crippen molar-refractivity contribution in [1.82, 2.24) is 0 Å². The number of sulfonamides is 1. The lowest BCUT2D eigenvalue weighted by molar-refractivity contribution is 0.318. The lowest BCUT2D eigenvalue weighted by Gasteiger charge is -2.19. The van der Waals surface area contributed by atoms with Crippen LogP contribution in [0.4, 0.5) is 5.69 Å². The van der Waals surface area contributed by atoms with Crippen molar-refractivity contribution in [3.05, 3.63) is 29.8 Å². The Morgan fingerprint density at radius 2 is 1.95 bits per heavy atom. The molecule has 1 aromatic carbocycles. The molecule has 0 aliphatic rings. The molecule has 10 heteroatoms. The fourth-order valence-corrected chi connectivity index (χ4v) is 4.66. The fraction of sp³-hybridized carbons (Fsp3) is 0.300. The predicted octanol–water partition coefficient (Wildman–Crippen LogP) is -0.451. The summed E-state index contributed by atoms with van der Waals surface area (Å²) in [6.45, 7) is 0. The third kappa shape index (κ3) is 4.10. The first kappa shape index (κ1) is 16.2. The number of nitrogens with zero attached hydrogens (tertiary/aromatic N) is 2. The van der Waals surface area contributed by atoms with Crippen LogP contribution >= 0.6 is 0 Å². The summed E-state index contributed by atoms with van der Waals surface area (Å²) in [6, 6.07) is 5.87. The Morgan fingerprint density at radius 1 is 1.35 bits per heavy atom. The van der Waals surface area contributed by atoms with E-state index in [4.69, 9.17) is 10.9 Å². The molecule has 0 fully saturated rings. The van der Waals surface area contributed by atoms with Crippen LogP contribution in [-0.4, -0.2) is 46.3 Å². The first-order valence-electron chi connectivity index (χ1n) is 5.29. The van der Waals surface area contributed by atoms with E-state index in [1.165, 1.54) is 31.3 Å². The molecule has 0 spiro atoms. The van der Waals surface area contributed by atoms with E-state index >= 15 is 0 Å². The van der Waals surface area contributed by atoms with Crippen molar-refractivity contribution in [3.8, 4) is 0 Å². The highest BCUT2D eigenvalue weighted by Gasteiger charge is 2.24. The highest BCUT2D eigenvalue weighted by Crippen LogP contribution is 2.18. The van der Waals surface area contributed by atoms with E-state index in [0.717, 1.165) is 10.6 Å². The monoisotopic (exact) mass is 321 g/mol. The minimum absolute atomic E-state index is 0.180. The zero-order valence-electron chi connectivity index (χ0n) is 10.9. The summed E-state index contributed by atoms with van der Waals surface area (Å²) in [5, 5.41) is 10.4. The maximum Gasteiger partial charge on any atom is 0.249 e. The number of anilines is 1. The molecule has 0 bridgehead atoms. The molecule has 0 amide bonds. The lowest BCUT2D eigenvalue weighted by Crippen LogP contribution is -2.32. The molecule has 0 unspecified atom stereocenters. The van der Waals surface area contributed by atoms with Gasteiger partial charge in [0, 0.05) is 18.9 Å². The average Bonchev–Trinajstić information content (AvgIpc) is 2.34. The zero-order valence-corrected chi connectivity index (χ0v) is 12.5. The van der Waals surface area contributed by atoms with Crippen molar-refractivity contribution in [2.24, 2.45) is 10.9 Å². The Labute approximate surface area is 117 Å². The summed E-state index contributed by atoms with van der Waals surface area (Å²) in [7, 11) is -6.47. The Kier molecular flexibility index (Phi) is 4.61. The predicted molar refractivity (Wildman–Crippen MR) is 76.0 cm³/mol. The van der Waals surface area contributed by atoms with Crippen LogP contribution in [-0.2, 0) is 19.9 Å². The molecule has 3 N–H and O–H groups in total. The summed E-state index contributed by atoms with van der Waals surface area (Å²) < 4.78 is 47.0. The molecule has 112 valence electrons. The highest BCUT2D eigenvalue weighted by molar-refractivity contribution is 8.08. The molecule has 0 aliphatic heterocycles. The molecule has 0 aromatic heterocycles. The molecule has 20 heavy (non-hydrogen) atoms. The second-order valence-corrected chi connectivity index (χ2v) is 8.66. The van der Waals surface area contributed by atoms with Crippen molar-refractivity contribution in [3.63, 3.8) is 0 Å². The van der Waals surface area contributed by atoms with Gasteiger partial charge >= 0.3 is 0 Å². The first-order valence-corrected chi connectivity index (χ1v) is 8.96. The van der Waals surface area contributed by atoms with Gasteiger partial charge in [-0.05, 0) is 12.1 Å². The molecule has 8 nitrogen and oxygen atoms in total. The minimum atomic E-state index is -4.02. The summed E-state index contributed by atoms with van der Waals surface area (Å²) in [4.78, 5) is 0. The van der Waals surface area contributed by atoms with Gasteiger partial charge in [-0.3, -0.25) is 4.31 Å². The summed E-state index contributed by atoms with van der Waals surface area (Å²) in [5.41, 5.74) is 5.93. The van der Waals surface area contributed by atoms with Crippen molar-refractivity contribution < 1.29 is 22.0 Å². The van der Waals surface area contributed by atoms with E-state index in [1.807, 2.05) is 0 Å². The van der Waals surface area contributed by atoms with Crippen LogP contribution in [0.1, 0.15) is 5.56 Å². The van der Waals surface area contributed by atoms with Gasteiger partial charge in [0.1, 0.15) is 0 Å². The van der Waals surface area contributed by atoms with E-state index in [9.17, 15) is 16.8 Å². The molecule has 0 radical (unpaired) electrons. The molecule has 1 rings (SSSR count). The molecular weight excluding hydrogens is 306 g/mol. The topological polar surface area (TPSA) is 130 Å². The van der Waals surface area contributed by atoms with Gasteiger partial charge in [0.15, 0.2) is 20.8 Å². The average molecular weight is 321 g/mol. The van der Waals surface area contributed by atoms with E-state index < -0.39 is 24.9 Å².